The van der Waals surface area contributed by atoms with Crippen LogP contribution in [0, 0.1) is 5.41 Å². The number of carboxylic acids is 1. The van der Waals surface area contributed by atoms with Crippen LogP contribution in [-0.2, 0) is 9.59 Å². The lowest BCUT2D eigenvalue weighted by molar-refractivity contribution is -0.148. The Morgan fingerprint density at radius 3 is 2.38 bits per heavy atom. The van der Waals surface area contributed by atoms with E-state index in [-0.39, 0.29) is 18.5 Å². The maximum absolute atomic E-state index is 12.2. The Kier molecular flexibility index (Phi) is 3.91. The van der Waals surface area contributed by atoms with Gasteiger partial charge >= 0.3 is 5.97 Å². The molecular formula is C11H20N2O3. The van der Waals surface area contributed by atoms with Gasteiger partial charge in [-0.05, 0) is 26.2 Å². The van der Waals surface area contributed by atoms with Gasteiger partial charge in [0.2, 0.25) is 5.91 Å². The highest BCUT2D eigenvalue weighted by molar-refractivity contribution is 5.88. The summed E-state index contributed by atoms with van der Waals surface area (Å²) in [6.45, 7) is 3.90. The summed E-state index contributed by atoms with van der Waals surface area (Å²) in [5.41, 5.74) is 5.13. The van der Waals surface area contributed by atoms with E-state index in [0.717, 1.165) is 19.3 Å². The third-order valence-electron chi connectivity index (χ3n) is 3.39. The highest BCUT2D eigenvalue weighted by Crippen LogP contribution is 2.46. The van der Waals surface area contributed by atoms with Crippen molar-refractivity contribution in [2.45, 2.75) is 39.2 Å². The number of carbonyl (C=O) groups is 2. The van der Waals surface area contributed by atoms with Gasteiger partial charge in [-0.2, -0.15) is 0 Å². The number of nitrogens with zero attached hydrogens (tertiary/aromatic N) is 1. The Hall–Kier alpha value is -1.10. The van der Waals surface area contributed by atoms with Gasteiger partial charge in [0.05, 0.1) is 5.41 Å². The van der Waals surface area contributed by atoms with Crippen molar-refractivity contribution in [1.29, 1.82) is 0 Å². The minimum Gasteiger partial charge on any atom is -0.480 e. The first-order valence-electron chi connectivity index (χ1n) is 5.70. The fourth-order valence-corrected chi connectivity index (χ4v) is 1.75. The number of hydrogen-bond acceptors (Lipinski definition) is 3. The van der Waals surface area contributed by atoms with Crippen LogP contribution in [0.2, 0.25) is 0 Å². The van der Waals surface area contributed by atoms with E-state index in [2.05, 4.69) is 0 Å². The molecule has 1 aliphatic rings. The molecule has 0 aromatic heterocycles. The maximum atomic E-state index is 12.2. The van der Waals surface area contributed by atoms with Crippen LogP contribution in [0.1, 0.15) is 33.1 Å². The first-order valence-corrected chi connectivity index (χ1v) is 5.70. The van der Waals surface area contributed by atoms with E-state index in [1.165, 1.54) is 4.90 Å². The van der Waals surface area contributed by atoms with E-state index in [9.17, 15) is 9.59 Å². The minimum absolute atomic E-state index is 0.0485. The molecule has 1 unspecified atom stereocenters. The number of hydrogen-bond donors (Lipinski definition) is 2. The quantitative estimate of drug-likeness (QED) is 0.691. The van der Waals surface area contributed by atoms with Gasteiger partial charge in [-0.1, -0.05) is 6.92 Å². The van der Waals surface area contributed by atoms with Crippen molar-refractivity contribution in [2.24, 2.45) is 11.1 Å². The fourth-order valence-electron chi connectivity index (χ4n) is 1.75. The standard InChI is InChI=1S/C11H20N2O3/c1-3-8(2)13(6-9(14)15)10(16)11(7-12)4-5-11/h8H,3-7,12H2,1-2H3,(H,14,15). The van der Waals surface area contributed by atoms with Crippen LogP contribution in [0.4, 0.5) is 0 Å². The molecular weight excluding hydrogens is 208 g/mol. The summed E-state index contributed by atoms with van der Waals surface area (Å²) in [6, 6.07) is -0.0485. The van der Waals surface area contributed by atoms with Gasteiger partial charge < -0.3 is 15.7 Å². The average Bonchev–Trinajstić information content (AvgIpc) is 3.04. The molecule has 1 atom stereocenters. The lowest BCUT2D eigenvalue weighted by Gasteiger charge is -2.30. The molecule has 3 N–H and O–H groups in total. The SMILES string of the molecule is CCC(C)N(CC(=O)O)C(=O)C1(CN)CC1. The predicted octanol–water partition coefficient (Wildman–Crippen LogP) is 0.437. The van der Waals surface area contributed by atoms with Crippen molar-refractivity contribution in [3.63, 3.8) is 0 Å². The highest BCUT2D eigenvalue weighted by atomic mass is 16.4. The molecule has 5 nitrogen and oxygen atoms in total. The molecule has 0 saturated heterocycles. The first-order chi connectivity index (χ1) is 7.46. The lowest BCUT2D eigenvalue weighted by Crippen LogP contribution is -2.47. The zero-order valence-corrected chi connectivity index (χ0v) is 9.90. The van der Waals surface area contributed by atoms with Crippen LogP contribution in [0.15, 0.2) is 0 Å². The second-order valence-electron chi connectivity index (χ2n) is 4.57. The molecule has 92 valence electrons. The predicted molar refractivity (Wildman–Crippen MR) is 59.8 cm³/mol. The topological polar surface area (TPSA) is 83.6 Å². The maximum Gasteiger partial charge on any atom is 0.323 e. The zero-order chi connectivity index (χ0) is 12.3. The third kappa shape index (κ3) is 2.52. The van der Waals surface area contributed by atoms with Gasteiger partial charge in [0.25, 0.3) is 0 Å². The summed E-state index contributed by atoms with van der Waals surface area (Å²) in [6.07, 6.45) is 2.32. The van der Waals surface area contributed by atoms with Gasteiger partial charge in [-0.3, -0.25) is 9.59 Å². The fraction of sp³-hybridized carbons (Fsp3) is 0.818. The normalized spacial score (nSPS) is 18.9. The van der Waals surface area contributed by atoms with Crippen molar-refractivity contribution in [1.82, 2.24) is 4.90 Å². The highest BCUT2D eigenvalue weighted by Gasteiger charge is 2.51. The van der Waals surface area contributed by atoms with Crippen molar-refractivity contribution < 1.29 is 14.7 Å². The minimum atomic E-state index is -0.971. The van der Waals surface area contributed by atoms with E-state index in [1.807, 2.05) is 13.8 Å². The number of carboxylic acid groups (broad SMARTS) is 1. The Bertz CT molecular complexity index is 287. The van der Waals surface area contributed by atoms with E-state index in [1.54, 1.807) is 0 Å². The van der Waals surface area contributed by atoms with E-state index >= 15 is 0 Å². The Morgan fingerprint density at radius 2 is 2.06 bits per heavy atom. The molecule has 0 bridgehead atoms. The van der Waals surface area contributed by atoms with Crippen molar-refractivity contribution in [2.75, 3.05) is 13.1 Å². The van der Waals surface area contributed by atoms with Gasteiger partial charge in [0.15, 0.2) is 0 Å². The summed E-state index contributed by atoms with van der Waals surface area (Å²) >= 11 is 0. The van der Waals surface area contributed by atoms with E-state index in [0.29, 0.717) is 6.54 Å². The van der Waals surface area contributed by atoms with Crippen molar-refractivity contribution in [3.05, 3.63) is 0 Å². The molecule has 0 aliphatic heterocycles. The molecule has 1 rings (SSSR count). The lowest BCUT2D eigenvalue weighted by atomic mass is 10.0. The molecule has 16 heavy (non-hydrogen) atoms. The molecule has 1 saturated carbocycles. The number of carbonyl (C=O) groups excluding carboxylic acids is 1. The van der Waals surface area contributed by atoms with E-state index in [4.69, 9.17) is 10.8 Å². The van der Waals surface area contributed by atoms with Crippen LogP contribution < -0.4 is 5.73 Å². The molecule has 1 fully saturated rings. The molecule has 0 heterocycles. The molecule has 1 aliphatic carbocycles. The van der Waals surface area contributed by atoms with Crippen molar-refractivity contribution >= 4 is 11.9 Å². The molecule has 1 amide bonds. The van der Waals surface area contributed by atoms with Gasteiger partial charge in [0.1, 0.15) is 6.54 Å². The molecule has 5 heteroatoms. The largest absolute Gasteiger partial charge is 0.480 e. The molecule has 0 aromatic rings. The third-order valence-corrected chi connectivity index (χ3v) is 3.39. The number of rotatable bonds is 6. The van der Waals surface area contributed by atoms with Gasteiger partial charge in [-0.15, -0.1) is 0 Å². The number of aliphatic carboxylic acids is 1. The smallest absolute Gasteiger partial charge is 0.323 e. The second kappa shape index (κ2) is 4.82. The molecule has 0 radical (unpaired) electrons. The average molecular weight is 228 g/mol. The van der Waals surface area contributed by atoms with Crippen LogP contribution in [-0.4, -0.2) is 41.0 Å². The summed E-state index contributed by atoms with van der Waals surface area (Å²) in [4.78, 5) is 24.4. The second-order valence-corrected chi connectivity index (χ2v) is 4.57. The Labute approximate surface area is 95.6 Å². The number of nitrogens with two attached hydrogens (primary N) is 1. The first kappa shape index (κ1) is 13.0. The summed E-state index contributed by atoms with van der Waals surface area (Å²) in [5, 5.41) is 8.81. The number of amides is 1. The Balaban J connectivity index is 2.76. The van der Waals surface area contributed by atoms with Crippen LogP contribution >= 0.6 is 0 Å². The summed E-state index contributed by atoms with van der Waals surface area (Å²) in [7, 11) is 0. The van der Waals surface area contributed by atoms with Crippen LogP contribution in [0.5, 0.6) is 0 Å². The van der Waals surface area contributed by atoms with Crippen LogP contribution in [0.3, 0.4) is 0 Å². The monoisotopic (exact) mass is 228 g/mol. The van der Waals surface area contributed by atoms with Gasteiger partial charge in [-0.25, -0.2) is 0 Å². The molecule has 0 aromatic carbocycles. The zero-order valence-electron chi connectivity index (χ0n) is 9.90. The van der Waals surface area contributed by atoms with Gasteiger partial charge in [0, 0.05) is 12.6 Å². The van der Waals surface area contributed by atoms with Crippen LogP contribution in [0.25, 0.3) is 0 Å². The summed E-state index contributed by atoms with van der Waals surface area (Å²) < 4.78 is 0. The summed E-state index contributed by atoms with van der Waals surface area (Å²) in [5.74, 6) is -1.06. The molecule has 0 spiro atoms. The Morgan fingerprint density at radius 1 is 1.50 bits per heavy atom. The van der Waals surface area contributed by atoms with E-state index < -0.39 is 11.4 Å². The van der Waals surface area contributed by atoms with Crippen molar-refractivity contribution in [3.8, 4) is 0 Å².